The van der Waals surface area contributed by atoms with Gasteiger partial charge in [0.05, 0.1) is 16.5 Å². The molecule has 4 aliphatic rings. The van der Waals surface area contributed by atoms with Gasteiger partial charge < -0.3 is 9.64 Å². The first-order valence-corrected chi connectivity index (χ1v) is 24.6. The first kappa shape index (κ1) is 38.7. The molecule has 0 aromatic heterocycles. The van der Waals surface area contributed by atoms with Gasteiger partial charge in [0.1, 0.15) is 11.5 Å². The Balaban J connectivity index is 0.993. The maximum absolute atomic E-state index is 6.69. The van der Waals surface area contributed by atoms with Crippen molar-refractivity contribution in [3.63, 3.8) is 0 Å². The average molecular weight is 896 g/mol. The third-order valence-corrected chi connectivity index (χ3v) is 16.5. The number of anilines is 3. The fourth-order valence-electron chi connectivity index (χ4n) is 12.7. The van der Waals surface area contributed by atoms with Gasteiger partial charge in [-0.05, 0) is 133 Å². The Kier molecular flexibility index (Phi) is 8.17. The number of ether oxygens (including phenoxy) is 1. The van der Waals surface area contributed by atoms with Gasteiger partial charge in [-0.2, -0.15) is 0 Å². The quantitative estimate of drug-likeness (QED) is 0.175. The molecule has 0 saturated heterocycles. The highest BCUT2D eigenvalue weighted by molar-refractivity contribution is 7.99. The third-order valence-electron chi connectivity index (χ3n) is 15.4. The minimum absolute atomic E-state index is 0.501. The Hall–Kier alpha value is -8.37. The van der Waals surface area contributed by atoms with Crippen molar-refractivity contribution in [3.8, 4) is 44.9 Å². The molecule has 3 heteroatoms. The second-order valence-corrected chi connectivity index (χ2v) is 19.7. The summed E-state index contributed by atoms with van der Waals surface area (Å²) in [7, 11) is 0. The van der Waals surface area contributed by atoms with Crippen LogP contribution < -0.4 is 9.64 Å². The van der Waals surface area contributed by atoms with Gasteiger partial charge in [0.25, 0.3) is 0 Å². The van der Waals surface area contributed by atoms with Crippen molar-refractivity contribution in [1.29, 1.82) is 0 Å². The summed E-state index contributed by atoms with van der Waals surface area (Å²) in [6.07, 6.45) is 0. The van der Waals surface area contributed by atoms with Crippen LogP contribution in [0.3, 0.4) is 0 Å². The largest absolute Gasteiger partial charge is 0.457 e. The number of benzene rings is 11. The summed E-state index contributed by atoms with van der Waals surface area (Å²) in [5.74, 6) is 1.79. The molecular formula is C66H41NOS. The van der Waals surface area contributed by atoms with Gasteiger partial charge in [-0.1, -0.05) is 200 Å². The van der Waals surface area contributed by atoms with E-state index in [4.69, 9.17) is 4.74 Å². The number of rotatable bonds is 4. The van der Waals surface area contributed by atoms with Gasteiger partial charge in [0.15, 0.2) is 0 Å². The van der Waals surface area contributed by atoms with Gasteiger partial charge in [0.2, 0.25) is 0 Å². The molecular weight excluding hydrogens is 855 g/mol. The highest BCUT2D eigenvalue weighted by Crippen LogP contribution is 2.66. The van der Waals surface area contributed by atoms with Crippen LogP contribution in [0, 0.1) is 0 Å². The third kappa shape index (κ3) is 5.23. The molecule has 0 atom stereocenters. The van der Waals surface area contributed by atoms with Crippen LogP contribution in [-0.2, 0) is 10.8 Å². The van der Waals surface area contributed by atoms with E-state index in [0.29, 0.717) is 0 Å². The van der Waals surface area contributed by atoms with Gasteiger partial charge >= 0.3 is 0 Å². The lowest BCUT2D eigenvalue weighted by atomic mass is 9.66. The predicted molar refractivity (Wildman–Crippen MR) is 283 cm³/mol. The smallest absolute Gasteiger partial charge is 0.132 e. The average Bonchev–Trinajstić information content (AvgIpc) is 3.87. The second-order valence-electron chi connectivity index (χ2n) is 18.7. The summed E-state index contributed by atoms with van der Waals surface area (Å²) < 4.78 is 6.69. The molecule has 69 heavy (non-hydrogen) atoms. The van der Waals surface area contributed by atoms with Crippen LogP contribution in [0.4, 0.5) is 17.1 Å². The van der Waals surface area contributed by atoms with Gasteiger partial charge in [-0.25, -0.2) is 0 Å². The predicted octanol–water partition coefficient (Wildman–Crippen LogP) is 17.3. The first-order valence-electron chi connectivity index (χ1n) is 23.8. The van der Waals surface area contributed by atoms with E-state index in [1.807, 2.05) is 11.8 Å². The summed E-state index contributed by atoms with van der Waals surface area (Å²) in [6, 6.07) is 92.4. The number of hydrogen-bond donors (Lipinski definition) is 0. The number of nitrogens with zero attached hydrogens (tertiary/aromatic N) is 1. The van der Waals surface area contributed by atoms with Gasteiger partial charge in [0, 0.05) is 37.9 Å². The van der Waals surface area contributed by atoms with Crippen LogP contribution in [0.1, 0.15) is 44.5 Å². The molecule has 15 rings (SSSR count). The van der Waals surface area contributed by atoms with E-state index < -0.39 is 10.8 Å². The fraction of sp³-hybridized carbons (Fsp3) is 0.0303. The van der Waals surface area contributed by atoms with Crippen LogP contribution in [-0.4, -0.2) is 0 Å². The number of fused-ring (bicyclic) bond motifs is 19. The molecule has 2 aliphatic carbocycles. The highest BCUT2D eigenvalue weighted by atomic mass is 32.2. The molecule has 2 heterocycles. The zero-order chi connectivity index (χ0) is 45.3. The molecule has 11 aromatic carbocycles. The number of para-hydroxylation sites is 2. The molecule has 0 saturated carbocycles. The van der Waals surface area contributed by atoms with E-state index >= 15 is 0 Å². The molecule has 322 valence electrons. The minimum atomic E-state index is -0.554. The van der Waals surface area contributed by atoms with Crippen molar-refractivity contribution < 1.29 is 4.74 Å². The molecule has 2 spiro atoms. The molecule has 0 N–H and O–H groups in total. The first-order chi connectivity index (χ1) is 34.2. The lowest BCUT2D eigenvalue weighted by Gasteiger charge is -2.40. The van der Waals surface area contributed by atoms with Crippen LogP contribution >= 0.6 is 11.8 Å². The molecule has 0 bridgehead atoms. The Morgan fingerprint density at radius 1 is 0.319 bits per heavy atom. The molecule has 2 aliphatic heterocycles. The minimum Gasteiger partial charge on any atom is -0.457 e. The Labute approximate surface area is 405 Å². The summed E-state index contributed by atoms with van der Waals surface area (Å²) in [5, 5.41) is 2.48. The molecule has 0 fully saturated rings. The van der Waals surface area contributed by atoms with E-state index in [1.54, 1.807) is 0 Å². The Bertz CT molecular complexity index is 3850. The second kappa shape index (κ2) is 14.6. The van der Waals surface area contributed by atoms with Gasteiger partial charge in [-0.3, -0.25) is 0 Å². The Morgan fingerprint density at radius 3 is 1.54 bits per heavy atom. The summed E-state index contributed by atoms with van der Waals surface area (Å²) in [4.78, 5) is 5.12. The molecule has 0 amide bonds. The van der Waals surface area contributed by atoms with Crippen LogP contribution in [0.25, 0.3) is 44.2 Å². The SMILES string of the molecule is c1ccc2c(c1)Oc1ccccc1C21c2ccccc2-c2cc(N(c3ccc(-c4ccc5ccccc5c4)cc3)c3cccc4c3-c3ccccc3C43c4ccccc4Sc4ccccc43)ccc21. The van der Waals surface area contributed by atoms with E-state index in [0.717, 1.165) is 39.7 Å². The topological polar surface area (TPSA) is 12.5 Å². The fourth-order valence-corrected chi connectivity index (χ4v) is 13.8. The zero-order valence-electron chi connectivity index (χ0n) is 37.4. The lowest BCUT2D eigenvalue weighted by molar-refractivity contribution is 0.436. The van der Waals surface area contributed by atoms with Crippen LogP contribution in [0.15, 0.2) is 259 Å². The maximum Gasteiger partial charge on any atom is 0.132 e. The monoisotopic (exact) mass is 895 g/mol. The van der Waals surface area contributed by atoms with Crippen molar-refractivity contribution in [2.24, 2.45) is 0 Å². The van der Waals surface area contributed by atoms with E-state index in [9.17, 15) is 0 Å². The van der Waals surface area contributed by atoms with Crippen molar-refractivity contribution >= 4 is 39.6 Å². The highest BCUT2D eigenvalue weighted by Gasteiger charge is 2.53. The summed E-state index contributed by atoms with van der Waals surface area (Å²) in [6.45, 7) is 0. The zero-order valence-corrected chi connectivity index (χ0v) is 38.3. The summed E-state index contributed by atoms with van der Waals surface area (Å²) in [5.41, 5.74) is 19.8. The number of hydrogen-bond acceptors (Lipinski definition) is 3. The van der Waals surface area contributed by atoms with Crippen molar-refractivity contribution in [2.75, 3.05) is 4.90 Å². The van der Waals surface area contributed by atoms with E-state index in [2.05, 4.69) is 254 Å². The lowest BCUT2D eigenvalue weighted by Crippen LogP contribution is -2.32. The van der Waals surface area contributed by atoms with Crippen molar-refractivity contribution in [1.82, 2.24) is 0 Å². The van der Waals surface area contributed by atoms with Crippen molar-refractivity contribution in [3.05, 3.63) is 293 Å². The molecule has 0 unspecified atom stereocenters. The van der Waals surface area contributed by atoms with Crippen molar-refractivity contribution in [2.45, 2.75) is 20.6 Å². The molecule has 0 radical (unpaired) electrons. The molecule has 11 aromatic rings. The van der Waals surface area contributed by atoms with Crippen LogP contribution in [0.2, 0.25) is 0 Å². The normalized spacial score (nSPS) is 14.4. The van der Waals surface area contributed by atoms with E-state index in [1.165, 1.54) is 87.3 Å². The van der Waals surface area contributed by atoms with Crippen LogP contribution in [0.5, 0.6) is 11.5 Å². The Morgan fingerprint density at radius 2 is 0.826 bits per heavy atom. The van der Waals surface area contributed by atoms with E-state index in [-0.39, 0.29) is 0 Å². The van der Waals surface area contributed by atoms with Gasteiger partial charge in [-0.15, -0.1) is 0 Å². The summed E-state index contributed by atoms with van der Waals surface area (Å²) >= 11 is 1.89. The standard InChI is InChI=1S/C66H41NOS/c1-2-17-44-40-45(33-32-42(44)16-1)43-34-36-46(37-35-43)67(47-38-39-53-50(41-47)48-18-3-5-20-51(48)65(53)54-22-7-11-28-60(54)68-61-29-12-8-23-55(61)65)59-27-15-26-58-64(59)49-19-4-6-21-52(49)66(58)56-24-9-13-30-62(56)69-63-31-14-10-25-57(63)66/h1-41H. The molecule has 2 nitrogen and oxygen atoms in total. The maximum atomic E-state index is 6.69.